The van der Waals surface area contributed by atoms with E-state index in [4.69, 9.17) is 15.2 Å². The second-order valence-electron chi connectivity index (χ2n) is 9.15. The first-order valence-corrected chi connectivity index (χ1v) is 11.7. The molecule has 2 aromatic rings. The molecule has 0 bridgehead atoms. The monoisotopic (exact) mass is 543 g/mol. The largest absolute Gasteiger partial charge is 0.382 e. The van der Waals surface area contributed by atoms with E-state index in [0.717, 1.165) is 6.07 Å². The molecule has 1 fully saturated rings. The predicted octanol–water partition coefficient (Wildman–Crippen LogP) is 3.34. The van der Waals surface area contributed by atoms with Crippen molar-refractivity contribution in [2.45, 2.75) is 56.8 Å². The Hall–Kier alpha value is -3.39. The number of methoxy groups -OCH3 is 1. The molecule has 0 spiro atoms. The maximum Gasteiger partial charge on any atom is 0.382 e. The van der Waals surface area contributed by atoms with Crippen LogP contribution in [0.2, 0.25) is 0 Å². The first-order chi connectivity index (χ1) is 17.9. The lowest BCUT2D eigenvalue weighted by Crippen LogP contribution is -2.51. The summed E-state index contributed by atoms with van der Waals surface area (Å²) in [4.78, 5) is 33.9. The molecule has 0 aliphatic carbocycles. The van der Waals surface area contributed by atoms with Crippen molar-refractivity contribution < 1.29 is 41.0 Å². The first kappa shape index (κ1) is 27.6. The molecule has 3 N–H and O–H groups in total. The van der Waals surface area contributed by atoms with E-state index >= 15 is 0 Å². The predicted molar refractivity (Wildman–Crippen MR) is 123 cm³/mol. The number of nitrogens with one attached hydrogen (secondary N) is 1. The number of hydrogen-bond donors (Lipinski definition) is 2. The van der Waals surface area contributed by atoms with E-state index in [1.807, 2.05) is 0 Å². The van der Waals surface area contributed by atoms with Crippen molar-refractivity contribution in [3.63, 3.8) is 0 Å². The van der Waals surface area contributed by atoms with Crippen molar-refractivity contribution in [3.8, 4) is 0 Å². The van der Waals surface area contributed by atoms with Crippen LogP contribution in [0.3, 0.4) is 0 Å². The summed E-state index contributed by atoms with van der Waals surface area (Å²) < 4.78 is 81.2. The van der Waals surface area contributed by atoms with Gasteiger partial charge in [0.25, 0.3) is 18.2 Å². The molecule has 0 radical (unpaired) electrons. The molecule has 2 aliphatic heterocycles. The van der Waals surface area contributed by atoms with Crippen LogP contribution in [0, 0.1) is 5.82 Å². The highest BCUT2D eigenvalue weighted by molar-refractivity contribution is 5.86. The fourth-order valence-corrected chi connectivity index (χ4v) is 4.62. The lowest BCUT2D eigenvalue weighted by molar-refractivity contribution is -0.167. The van der Waals surface area contributed by atoms with Crippen LogP contribution in [-0.4, -0.2) is 52.6 Å². The van der Waals surface area contributed by atoms with Gasteiger partial charge in [0.15, 0.2) is 5.60 Å². The van der Waals surface area contributed by atoms with E-state index in [-0.39, 0.29) is 48.6 Å². The van der Waals surface area contributed by atoms with Crippen LogP contribution in [0.25, 0.3) is 0 Å². The summed E-state index contributed by atoms with van der Waals surface area (Å²) in [5.41, 5.74) is 2.98. The highest BCUT2D eigenvalue weighted by atomic mass is 19.3. The Kier molecular flexibility index (Phi) is 7.57. The lowest BCUT2D eigenvalue weighted by Gasteiger charge is -2.37. The summed E-state index contributed by atoms with van der Waals surface area (Å²) in [6.07, 6.45) is -2.49. The number of anilines is 1. The molecular formula is C24H26F5N5O4. The van der Waals surface area contributed by atoms with Crippen LogP contribution in [0.4, 0.5) is 27.8 Å². The number of benzene rings is 1. The number of amides is 2. The Balaban J connectivity index is 1.72. The molecule has 3 heterocycles. The van der Waals surface area contributed by atoms with Gasteiger partial charge in [0, 0.05) is 44.3 Å². The highest BCUT2D eigenvalue weighted by Gasteiger charge is 2.47. The van der Waals surface area contributed by atoms with Gasteiger partial charge in [-0.3, -0.25) is 9.59 Å². The van der Waals surface area contributed by atoms with Crippen LogP contribution in [0.1, 0.15) is 60.4 Å². The number of carbonyl (C=O) groups excluding carboxylic acids is 2. The molecule has 0 unspecified atom stereocenters. The number of rotatable bonds is 8. The van der Waals surface area contributed by atoms with Crippen LogP contribution in [0.5, 0.6) is 0 Å². The van der Waals surface area contributed by atoms with Gasteiger partial charge in [0.2, 0.25) is 5.82 Å². The molecule has 206 valence electrons. The average Bonchev–Trinajstić information content (AvgIpc) is 3.33. The number of aromatic nitrogens is 2. The third kappa shape index (κ3) is 4.89. The normalized spacial score (nSPS) is 17.8. The Morgan fingerprint density at radius 2 is 1.84 bits per heavy atom. The quantitative estimate of drug-likeness (QED) is 0.490. The zero-order valence-electron chi connectivity index (χ0n) is 20.6. The van der Waals surface area contributed by atoms with Crippen molar-refractivity contribution in [1.29, 1.82) is 0 Å². The Bertz CT molecular complexity index is 1240. The molecule has 38 heavy (non-hydrogen) atoms. The van der Waals surface area contributed by atoms with Crippen LogP contribution < -0.4 is 11.1 Å². The van der Waals surface area contributed by atoms with Crippen molar-refractivity contribution in [2.75, 3.05) is 25.6 Å². The van der Waals surface area contributed by atoms with E-state index in [1.54, 1.807) is 0 Å². The van der Waals surface area contributed by atoms with E-state index < -0.39 is 53.0 Å². The number of nitrogens with zero attached hydrogens (tertiary/aromatic N) is 3. The second kappa shape index (κ2) is 10.4. The minimum absolute atomic E-state index is 0.0269. The molecule has 1 aromatic carbocycles. The summed E-state index contributed by atoms with van der Waals surface area (Å²) in [5.74, 6) is -9.22. The molecule has 2 aliphatic rings. The highest BCUT2D eigenvalue weighted by Crippen LogP contribution is 2.37. The average molecular weight is 543 g/mol. The molecule has 1 aromatic heterocycles. The zero-order chi connectivity index (χ0) is 27.8. The SMILES string of the molecule is COC1(C(=O)N2Cc3nc(C(F)(F)C(N)=O)nc(N[C@H](C)c4cccc(C(F)F)c4F)c3C2)CCOCC1. The third-order valence-electron chi connectivity index (χ3n) is 6.85. The van der Waals surface area contributed by atoms with Crippen molar-refractivity contribution in [3.05, 3.63) is 52.2 Å². The van der Waals surface area contributed by atoms with Crippen molar-refractivity contribution in [2.24, 2.45) is 5.73 Å². The first-order valence-electron chi connectivity index (χ1n) is 11.7. The summed E-state index contributed by atoms with van der Waals surface area (Å²) in [7, 11) is 1.40. The zero-order valence-corrected chi connectivity index (χ0v) is 20.6. The fraction of sp³-hybridized carbons (Fsp3) is 0.500. The summed E-state index contributed by atoms with van der Waals surface area (Å²) >= 11 is 0. The smallest absolute Gasteiger partial charge is 0.381 e. The molecule has 9 nitrogen and oxygen atoms in total. The van der Waals surface area contributed by atoms with Gasteiger partial charge in [-0.05, 0) is 6.92 Å². The second-order valence-corrected chi connectivity index (χ2v) is 9.15. The van der Waals surface area contributed by atoms with Crippen molar-refractivity contribution in [1.82, 2.24) is 14.9 Å². The van der Waals surface area contributed by atoms with Crippen LogP contribution in [0.15, 0.2) is 18.2 Å². The maximum atomic E-state index is 14.8. The summed E-state index contributed by atoms with van der Waals surface area (Å²) in [6.45, 7) is 1.72. The van der Waals surface area contributed by atoms with Crippen LogP contribution >= 0.6 is 0 Å². The van der Waals surface area contributed by atoms with Gasteiger partial charge in [-0.1, -0.05) is 18.2 Å². The number of hydrogen-bond acceptors (Lipinski definition) is 7. The number of primary amides is 1. The Morgan fingerprint density at radius 1 is 1.18 bits per heavy atom. The van der Waals surface area contributed by atoms with Gasteiger partial charge in [-0.25, -0.2) is 23.1 Å². The fourth-order valence-electron chi connectivity index (χ4n) is 4.62. The van der Waals surface area contributed by atoms with Crippen LogP contribution in [-0.2, 0) is 38.1 Å². The number of ether oxygens (including phenoxy) is 2. The Labute approximate surface area is 214 Å². The lowest BCUT2D eigenvalue weighted by atomic mass is 9.92. The van der Waals surface area contributed by atoms with Gasteiger partial charge in [0.05, 0.1) is 30.4 Å². The number of nitrogens with two attached hydrogens (primary N) is 1. The van der Waals surface area contributed by atoms with Gasteiger partial charge in [-0.2, -0.15) is 8.78 Å². The summed E-state index contributed by atoms with van der Waals surface area (Å²) in [6, 6.07) is 2.43. The molecular weight excluding hydrogens is 517 g/mol. The molecule has 1 atom stereocenters. The number of fused-ring (bicyclic) bond motifs is 1. The minimum Gasteiger partial charge on any atom is -0.381 e. The standard InChI is InChI=1S/C24H26F5N5O4/c1-12(13-4-3-5-14(17(13)25)18(26)27)31-19-15-10-34(22(36)23(37-2)6-8-38-9-7-23)11-16(15)32-21(33-19)24(28,29)20(30)35/h3-5,12,18H,6-11H2,1-2H3,(H2,30,35)(H,31,32,33)/t12-/m1/s1. The maximum absolute atomic E-state index is 14.8. The van der Waals surface area contributed by atoms with E-state index in [9.17, 15) is 31.5 Å². The summed E-state index contributed by atoms with van der Waals surface area (Å²) in [5, 5.41) is 2.77. The van der Waals surface area contributed by atoms with Crippen molar-refractivity contribution >= 4 is 17.6 Å². The Morgan fingerprint density at radius 3 is 2.45 bits per heavy atom. The van der Waals surface area contributed by atoms with Gasteiger partial charge < -0.3 is 25.4 Å². The number of halogens is 5. The minimum atomic E-state index is -4.25. The van der Waals surface area contributed by atoms with Gasteiger partial charge >= 0.3 is 5.92 Å². The third-order valence-corrected chi connectivity index (χ3v) is 6.85. The van der Waals surface area contributed by atoms with E-state index in [0.29, 0.717) is 13.2 Å². The van der Waals surface area contributed by atoms with E-state index in [1.165, 1.54) is 31.1 Å². The molecule has 1 saturated heterocycles. The number of carbonyl (C=O) groups is 2. The molecule has 4 rings (SSSR count). The topological polar surface area (TPSA) is 120 Å². The molecule has 0 saturated carbocycles. The van der Waals surface area contributed by atoms with Gasteiger partial charge in [0.1, 0.15) is 11.6 Å². The van der Waals surface area contributed by atoms with E-state index in [2.05, 4.69) is 15.3 Å². The molecule has 2 amide bonds. The number of alkyl halides is 4. The molecule has 14 heteroatoms. The van der Waals surface area contributed by atoms with Gasteiger partial charge in [-0.15, -0.1) is 0 Å².